The maximum Gasteiger partial charge on any atom is 0.292 e. The van der Waals surface area contributed by atoms with Crippen molar-refractivity contribution in [1.29, 1.82) is 0 Å². The number of pyridine rings is 1. The summed E-state index contributed by atoms with van der Waals surface area (Å²) in [6.07, 6.45) is 5.14. The summed E-state index contributed by atoms with van der Waals surface area (Å²) in [5.74, 6) is 0.838. The van der Waals surface area contributed by atoms with E-state index in [1.165, 1.54) is 12.1 Å². The number of hydrogen-bond acceptors (Lipinski definition) is 5. The molecule has 3 aromatic carbocycles. The fourth-order valence-corrected chi connectivity index (χ4v) is 4.89. The van der Waals surface area contributed by atoms with Gasteiger partial charge in [0.25, 0.3) is 5.91 Å². The van der Waals surface area contributed by atoms with Gasteiger partial charge in [-0.1, -0.05) is 30.3 Å². The maximum absolute atomic E-state index is 13.9. The first-order chi connectivity index (χ1) is 18.2. The van der Waals surface area contributed by atoms with E-state index in [1.54, 1.807) is 27.9 Å². The van der Waals surface area contributed by atoms with E-state index in [2.05, 4.69) is 15.2 Å². The van der Waals surface area contributed by atoms with Crippen LogP contribution in [0.4, 0.5) is 4.39 Å². The predicted molar refractivity (Wildman–Crippen MR) is 137 cm³/mol. The summed E-state index contributed by atoms with van der Waals surface area (Å²) in [5.41, 5.74) is 1.55. The van der Waals surface area contributed by atoms with E-state index >= 15 is 0 Å². The highest BCUT2D eigenvalue weighted by molar-refractivity contribution is 5.92. The molecule has 7 nitrogen and oxygen atoms in total. The standard InChI is InChI=1S/C29H24FN5O2/c30-23-7-4-6-21(16-23)26-10-5-15-34(26)29(36)28-33-32-27(35(28)24-8-2-1-3-9-24)19-37-25-12-11-22-18-31-14-13-20(22)17-25/h1-4,6-9,11-14,16-18,26H,5,10,15,19H2/t26-/m1/s1. The topological polar surface area (TPSA) is 73.1 Å². The smallest absolute Gasteiger partial charge is 0.292 e. The summed E-state index contributed by atoms with van der Waals surface area (Å²) in [6.45, 7) is 0.693. The Bertz CT molecular complexity index is 1570. The SMILES string of the molecule is O=C(c1nnc(COc2ccc3cnccc3c2)n1-c1ccccc1)N1CCC[C@@H]1c1cccc(F)c1. The fourth-order valence-electron chi connectivity index (χ4n) is 4.89. The molecule has 0 radical (unpaired) electrons. The lowest BCUT2D eigenvalue weighted by atomic mass is 10.0. The molecule has 0 saturated carbocycles. The van der Waals surface area contributed by atoms with E-state index in [-0.39, 0.29) is 30.2 Å². The van der Waals surface area contributed by atoms with Crippen molar-refractivity contribution < 1.29 is 13.9 Å². The number of amides is 1. The molecule has 1 atom stereocenters. The number of halogens is 1. The van der Waals surface area contributed by atoms with Crippen LogP contribution >= 0.6 is 0 Å². The second-order valence-electron chi connectivity index (χ2n) is 9.00. The van der Waals surface area contributed by atoms with Crippen LogP contribution in [0.1, 0.15) is 40.9 Å². The molecule has 0 spiro atoms. The first-order valence-corrected chi connectivity index (χ1v) is 12.2. The van der Waals surface area contributed by atoms with Crippen molar-refractivity contribution in [3.63, 3.8) is 0 Å². The van der Waals surface area contributed by atoms with Gasteiger partial charge in [-0.05, 0) is 72.3 Å². The number of hydrogen-bond donors (Lipinski definition) is 0. The number of nitrogens with zero attached hydrogens (tertiary/aromatic N) is 5. The number of carbonyl (C=O) groups is 1. The molecule has 0 unspecified atom stereocenters. The van der Waals surface area contributed by atoms with Crippen molar-refractivity contribution >= 4 is 16.7 Å². The van der Waals surface area contributed by atoms with Gasteiger partial charge in [-0.2, -0.15) is 0 Å². The highest BCUT2D eigenvalue weighted by Crippen LogP contribution is 2.33. The van der Waals surface area contributed by atoms with E-state index in [0.29, 0.717) is 18.1 Å². The Hall–Kier alpha value is -4.59. The van der Waals surface area contributed by atoms with Gasteiger partial charge in [-0.25, -0.2) is 4.39 Å². The zero-order chi connectivity index (χ0) is 25.2. The molecule has 6 rings (SSSR count). The van der Waals surface area contributed by atoms with Crippen LogP contribution in [0, 0.1) is 5.82 Å². The molecule has 3 heterocycles. The molecule has 1 saturated heterocycles. The Morgan fingerprint density at radius 2 is 1.86 bits per heavy atom. The van der Waals surface area contributed by atoms with Crippen molar-refractivity contribution in [3.05, 3.63) is 114 Å². The number of carbonyl (C=O) groups excluding carboxylic acids is 1. The zero-order valence-corrected chi connectivity index (χ0v) is 20.0. The lowest BCUT2D eigenvalue weighted by molar-refractivity contribution is 0.0720. The monoisotopic (exact) mass is 493 g/mol. The second kappa shape index (κ2) is 9.81. The minimum Gasteiger partial charge on any atom is -0.486 e. The Morgan fingerprint density at radius 1 is 0.973 bits per heavy atom. The molecule has 1 aliphatic rings. The van der Waals surface area contributed by atoms with Crippen LogP contribution in [0.15, 0.2) is 91.3 Å². The average molecular weight is 494 g/mol. The molecule has 0 N–H and O–H groups in total. The van der Waals surface area contributed by atoms with Crippen molar-refractivity contribution in [2.75, 3.05) is 6.54 Å². The van der Waals surface area contributed by atoms with E-state index in [4.69, 9.17) is 4.74 Å². The van der Waals surface area contributed by atoms with Gasteiger partial charge in [-0.15, -0.1) is 10.2 Å². The van der Waals surface area contributed by atoms with E-state index in [0.717, 1.165) is 34.9 Å². The predicted octanol–water partition coefficient (Wildman–Crippen LogP) is 5.51. The van der Waals surface area contributed by atoms with Gasteiger partial charge in [0.2, 0.25) is 5.82 Å². The number of ether oxygens (including phenoxy) is 1. The highest BCUT2D eigenvalue weighted by Gasteiger charge is 2.34. The first kappa shape index (κ1) is 22.8. The molecule has 1 aliphatic heterocycles. The van der Waals surface area contributed by atoms with Gasteiger partial charge < -0.3 is 9.64 Å². The van der Waals surface area contributed by atoms with Crippen LogP contribution in [-0.2, 0) is 6.61 Å². The molecule has 2 aromatic heterocycles. The van der Waals surface area contributed by atoms with Gasteiger partial charge in [-0.3, -0.25) is 14.3 Å². The van der Waals surface area contributed by atoms with Crippen LogP contribution in [0.5, 0.6) is 5.75 Å². The molecular weight excluding hydrogens is 469 g/mol. The van der Waals surface area contributed by atoms with Crippen LogP contribution in [0.3, 0.4) is 0 Å². The summed E-state index contributed by atoms with van der Waals surface area (Å²) in [4.78, 5) is 19.7. The van der Waals surface area contributed by atoms with Crippen molar-refractivity contribution in [3.8, 4) is 11.4 Å². The van der Waals surface area contributed by atoms with Gasteiger partial charge in [0.1, 0.15) is 18.2 Å². The minimum absolute atomic E-state index is 0.124. The zero-order valence-electron chi connectivity index (χ0n) is 20.0. The molecule has 0 bridgehead atoms. The summed E-state index contributed by atoms with van der Waals surface area (Å²) < 4.78 is 21.7. The van der Waals surface area contributed by atoms with Gasteiger partial charge in [0, 0.05) is 30.0 Å². The molecule has 5 aromatic rings. The van der Waals surface area contributed by atoms with Crippen LogP contribution in [0.25, 0.3) is 16.5 Å². The molecule has 184 valence electrons. The summed E-state index contributed by atoms with van der Waals surface area (Å²) >= 11 is 0. The molecule has 1 fully saturated rings. The number of para-hydroxylation sites is 1. The maximum atomic E-state index is 13.9. The lowest BCUT2D eigenvalue weighted by Crippen LogP contribution is -2.32. The van der Waals surface area contributed by atoms with Crippen LogP contribution < -0.4 is 4.74 Å². The number of aromatic nitrogens is 4. The molecule has 0 aliphatic carbocycles. The van der Waals surface area contributed by atoms with Gasteiger partial charge in [0.05, 0.1) is 6.04 Å². The second-order valence-corrected chi connectivity index (χ2v) is 9.00. The molecular formula is C29H24FN5O2. The van der Waals surface area contributed by atoms with E-state index < -0.39 is 0 Å². The minimum atomic E-state index is -0.311. The van der Waals surface area contributed by atoms with Crippen LogP contribution in [-0.4, -0.2) is 37.1 Å². The molecule has 8 heteroatoms. The quantitative estimate of drug-likeness (QED) is 0.312. The normalized spacial score (nSPS) is 15.3. The Kier molecular flexibility index (Phi) is 6.06. The third-order valence-corrected chi connectivity index (χ3v) is 6.66. The van der Waals surface area contributed by atoms with Crippen molar-refractivity contribution in [2.24, 2.45) is 0 Å². The van der Waals surface area contributed by atoms with Crippen molar-refractivity contribution in [1.82, 2.24) is 24.6 Å². The first-order valence-electron chi connectivity index (χ1n) is 12.2. The summed E-state index contributed by atoms with van der Waals surface area (Å²) in [6, 6.07) is 23.5. The largest absolute Gasteiger partial charge is 0.486 e. The van der Waals surface area contributed by atoms with Crippen LogP contribution in [0.2, 0.25) is 0 Å². The molecule has 37 heavy (non-hydrogen) atoms. The van der Waals surface area contributed by atoms with Gasteiger partial charge in [0.15, 0.2) is 5.82 Å². The van der Waals surface area contributed by atoms with Crippen molar-refractivity contribution in [2.45, 2.75) is 25.5 Å². The molecule has 1 amide bonds. The third kappa shape index (κ3) is 4.53. The fraction of sp³-hybridized carbons (Fsp3) is 0.172. The number of fused-ring (bicyclic) bond motifs is 1. The number of rotatable bonds is 6. The Balaban J connectivity index is 1.32. The lowest BCUT2D eigenvalue weighted by Gasteiger charge is -2.25. The average Bonchev–Trinajstić information content (AvgIpc) is 3.60. The Labute approximate surface area is 213 Å². The highest BCUT2D eigenvalue weighted by atomic mass is 19.1. The summed E-state index contributed by atoms with van der Waals surface area (Å²) in [5, 5.41) is 10.7. The van der Waals surface area contributed by atoms with E-state index in [1.807, 2.05) is 60.7 Å². The third-order valence-electron chi connectivity index (χ3n) is 6.66. The van der Waals surface area contributed by atoms with Gasteiger partial charge >= 0.3 is 0 Å². The number of benzene rings is 3. The Morgan fingerprint density at radius 3 is 2.73 bits per heavy atom. The summed E-state index contributed by atoms with van der Waals surface area (Å²) in [7, 11) is 0. The number of likely N-dealkylation sites (tertiary alicyclic amines) is 1. The van der Waals surface area contributed by atoms with E-state index in [9.17, 15) is 9.18 Å².